The van der Waals surface area contributed by atoms with E-state index in [9.17, 15) is 18.0 Å². The molecule has 0 amide bonds. The van der Waals surface area contributed by atoms with Crippen molar-refractivity contribution in [3.8, 4) is 0 Å². The average molecular weight is 184 g/mol. The minimum Gasteiger partial charge on any atom is -0.480 e. The predicted octanol–water partition coefficient (Wildman–Crippen LogP) is 1.21. The van der Waals surface area contributed by atoms with E-state index in [1.807, 2.05) is 0 Å². The average Bonchev–Trinajstić information content (AvgIpc) is 1.84. The molecule has 0 bridgehead atoms. The van der Waals surface area contributed by atoms with Crippen LogP contribution in [0.15, 0.2) is 12.2 Å². The molecule has 0 saturated carbocycles. The highest BCUT2D eigenvalue weighted by Crippen LogP contribution is 2.23. The van der Waals surface area contributed by atoms with E-state index in [1.54, 1.807) is 0 Å². The molecule has 0 atom stereocenters. The maximum atomic E-state index is 11.6. The number of carboxylic acid groups (broad SMARTS) is 1. The van der Waals surface area contributed by atoms with Gasteiger partial charge in [0.25, 0.3) is 0 Å². The lowest BCUT2D eigenvalue weighted by Crippen LogP contribution is -2.17. The summed E-state index contributed by atoms with van der Waals surface area (Å²) in [4.78, 5) is 9.79. The summed E-state index contributed by atoms with van der Waals surface area (Å²) in [6.45, 7) is 1.12. The third kappa shape index (κ3) is 4.73. The SMILES string of the molecule is C=C(COCC(=O)O)C(F)(F)F. The molecule has 0 rings (SSSR count). The molecule has 0 spiro atoms. The van der Waals surface area contributed by atoms with Gasteiger partial charge in [0, 0.05) is 0 Å². The number of halogens is 3. The van der Waals surface area contributed by atoms with Crippen LogP contribution in [0.5, 0.6) is 0 Å². The van der Waals surface area contributed by atoms with Crippen molar-refractivity contribution in [3.63, 3.8) is 0 Å². The number of aliphatic carboxylic acids is 1. The Morgan fingerprint density at radius 2 is 1.92 bits per heavy atom. The molecule has 0 unspecified atom stereocenters. The van der Waals surface area contributed by atoms with E-state index in [0.717, 1.165) is 0 Å². The lowest BCUT2D eigenvalue weighted by molar-refractivity contribution is -0.143. The Balaban J connectivity index is 3.66. The van der Waals surface area contributed by atoms with E-state index in [4.69, 9.17) is 5.11 Å². The fourth-order valence-corrected chi connectivity index (χ4v) is 0.343. The highest BCUT2D eigenvalue weighted by atomic mass is 19.4. The van der Waals surface area contributed by atoms with Gasteiger partial charge in [-0.25, -0.2) is 4.79 Å². The molecule has 0 aliphatic rings. The number of ether oxygens (including phenoxy) is 1. The van der Waals surface area contributed by atoms with E-state index in [-0.39, 0.29) is 0 Å². The van der Waals surface area contributed by atoms with Crippen molar-refractivity contribution in [1.82, 2.24) is 0 Å². The second kappa shape index (κ2) is 4.10. The van der Waals surface area contributed by atoms with Crippen LogP contribution in [0.25, 0.3) is 0 Å². The molecule has 70 valence electrons. The number of carboxylic acids is 1. The summed E-state index contributed by atoms with van der Waals surface area (Å²) in [5.41, 5.74) is -1.09. The highest BCUT2D eigenvalue weighted by molar-refractivity contribution is 5.68. The lowest BCUT2D eigenvalue weighted by atomic mass is 10.3. The van der Waals surface area contributed by atoms with Crippen LogP contribution in [-0.2, 0) is 9.53 Å². The summed E-state index contributed by atoms with van der Waals surface area (Å²) in [6, 6.07) is 0. The van der Waals surface area contributed by atoms with Crippen molar-refractivity contribution >= 4 is 5.97 Å². The fourth-order valence-electron chi connectivity index (χ4n) is 0.343. The van der Waals surface area contributed by atoms with Crippen molar-refractivity contribution in [2.75, 3.05) is 13.2 Å². The number of hydrogen-bond donors (Lipinski definition) is 1. The quantitative estimate of drug-likeness (QED) is 0.668. The van der Waals surface area contributed by atoms with Crippen LogP contribution in [-0.4, -0.2) is 30.5 Å². The van der Waals surface area contributed by atoms with Gasteiger partial charge in [0.05, 0.1) is 12.2 Å². The van der Waals surface area contributed by atoms with Crippen molar-refractivity contribution in [2.45, 2.75) is 6.18 Å². The van der Waals surface area contributed by atoms with Crippen molar-refractivity contribution in [2.24, 2.45) is 0 Å². The van der Waals surface area contributed by atoms with Gasteiger partial charge >= 0.3 is 12.1 Å². The summed E-state index contributed by atoms with van der Waals surface area (Å²) >= 11 is 0. The lowest BCUT2D eigenvalue weighted by Gasteiger charge is -2.08. The summed E-state index contributed by atoms with van der Waals surface area (Å²) in [6.07, 6.45) is -4.52. The smallest absolute Gasteiger partial charge is 0.414 e. The van der Waals surface area contributed by atoms with E-state index in [0.29, 0.717) is 0 Å². The number of hydrogen-bond acceptors (Lipinski definition) is 2. The van der Waals surface area contributed by atoms with E-state index in [2.05, 4.69) is 11.3 Å². The van der Waals surface area contributed by atoms with Gasteiger partial charge in [0.1, 0.15) is 6.61 Å². The van der Waals surface area contributed by atoms with E-state index < -0.39 is 30.9 Å². The molecule has 3 nitrogen and oxygen atoms in total. The van der Waals surface area contributed by atoms with Crippen molar-refractivity contribution in [3.05, 3.63) is 12.2 Å². The Bertz CT molecular complexity index is 185. The van der Waals surface area contributed by atoms with Gasteiger partial charge in [-0.05, 0) is 0 Å². The highest BCUT2D eigenvalue weighted by Gasteiger charge is 2.31. The zero-order valence-electron chi connectivity index (χ0n) is 6.02. The third-order valence-corrected chi connectivity index (χ3v) is 0.903. The molecule has 0 aromatic carbocycles. The Kier molecular flexibility index (Phi) is 3.75. The maximum Gasteiger partial charge on any atom is 0.414 e. The van der Waals surface area contributed by atoms with Crippen molar-refractivity contribution in [1.29, 1.82) is 0 Å². The van der Waals surface area contributed by atoms with Crippen molar-refractivity contribution < 1.29 is 27.8 Å². The topological polar surface area (TPSA) is 46.5 Å². The largest absolute Gasteiger partial charge is 0.480 e. The van der Waals surface area contributed by atoms with Gasteiger partial charge in [0.2, 0.25) is 0 Å². The van der Waals surface area contributed by atoms with Crippen LogP contribution in [0.3, 0.4) is 0 Å². The monoisotopic (exact) mass is 184 g/mol. The number of alkyl halides is 3. The second-order valence-electron chi connectivity index (χ2n) is 1.99. The van der Waals surface area contributed by atoms with Crippen LogP contribution >= 0.6 is 0 Å². The van der Waals surface area contributed by atoms with Gasteiger partial charge < -0.3 is 9.84 Å². The van der Waals surface area contributed by atoms with Crippen LogP contribution in [0, 0.1) is 0 Å². The summed E-state index contributed by atoms with van der Waals surface area (Å²) in [5.74, 6) is -1.31. The first kappa shape index (κ1) is 11.0. The molecule has 0 fully saturated rings. The minimum absolute atomic E-state index is 0.755. The van der Waals surface area contributed by atoms with E-state index in [1.165, 1.54) is 0 Å². The van der Waals surface area contributed by atoms with Crippen LogP contribution in [0.4, 0.5) is 13.2 Å². The number of rotatable bonds is 4. The van der Waals surface area contributed by atoms with E-state index >= 15 is 0 Å². The molecule has 1 N–H and O–H groups in total. The molecule has 0 aliphatic heterocycles. The first-order valence-corrected chi connectivity index (χ1v) is 2.88. The second-order valence-corrected chi connectivity index (χ2v) is 1.99. The molecular formula is C6H7F3O3. The van der Waals surface area contributed by atoms with Crippen LogP contribution in [0.2, 0.25) is 0 Å². The Labute approximate surface area is 66.4 Å². The first-order valence-electron chi connectivity index (χ1n) is 2.88. The van der Waals surface area contributed by atoms with Gasteiger partial charge in [-0.2, -0.15) is 13.2 Å². The summed E-state index contributed by atoms with van der Waals surface area (Å²) in [7, 11) is 0. The Hall–Kier alpha value is -1.04. The molecule has 6 heteroatoms. The molecule has 0 aliphatic carbocycles. The van der Waals surface area contributed by atoms with Gasteiger partial charge in [0.15, 0.2) is 0 Å². The zero-order valence-corrected chi connectivity index (χ0v) is 6.02. The van der Waals surface area contributed by atoms with Gasteiger partial charge in [-0.3, -0.25) is 0 Å². The first-order chi connectivity index (χ1) is 5.34. The summed E-state index contributed by atoms with van der Waals surface area (Å²) in [5, 5.41) is 7.99. The van der Waals surface area contributed by atoms with Gasteiger partial charge in [-0.1, -0.05) is 6.58 Å². The molecule has 0 heterocycles. The molecule has 12 heavy (non-hydrogen) atoms. The fraction of sp³-hybridized carbons (Fsp3) is 0.500. The zero-order chi connectivity index (χ0) is 9.78. The molecule has 0 saturated heterocycles. The van der Waals surface area contributed by atoms with Gasteiger partial charge in [-0.15, -0.1) is 0 Å². The maximum absolute atomic E-state index is 11.6. The van der Waals surface area contributed by atoms with Crippen LogP contribution in [0.1, 0.15) is 0 Å². The molecule has 0 aromatic rings. The molecule has 0 aromatic heterocycles. The molecular weight excluding hydrogens is 177 g/mol. The minimum atomic E-state index is -4.52. The Morgan fingerprint density at radius 1 is 1.42 bits per heavy atom. The van der Waals surface area contributed by atoms with Crippen LogP contribution < -0.4 is 0 Å². The standard InChI is InChI=1S/C6H7F3O3/c1-4(6(7,8)9)2-12-3-5(10)11/h1-3H2,(H,10,11). The predicted molar refractivity (Wildman–Crippen MR) is 33.6 cm³/mol. The summed E-state index contributed by atoms with van der Waals surface area (Å²) < 4.78 is 39.1. The Morgan fingerprint density at radius 3 is 2.25 bits per heavy atom. The third-order valence-electron chi connectivity index (χ3n) is 0.903. The number of carbonyl (C=O) groups is 1. The normalized spacial score (nSPS) is 11.2. The molecule has 0 radical (unpaired) electrons.